The molecule has 0 aliphatic heterocycles. The first-order chi connectivity index (χ1) is 12.1. The Kier molecular flexibility index (Phi) is 8.04. The smallest absolute Gasteiger partial charge is 0.317 e. The first-order valence-electron chi connectivity index (χ1n) is 8.47. The van der Waals surface area contributed by atoms with Crippen LogP contribution < -0.4 is 5.32 Å². The van der Waals surface area contributed by atoms with Crippen molar-refractivity contribution in [2.24, 2.45) is 0 Å². The van der Waals surface area contributed by atoms with Crippen molar-refractivity contribution in [3.05, 3.63) is 29.8 Å². The van der Waals surface area contributed by atoms with Crippen LogP contribution in [0.4, 0.5) is 4.79 Å². The standard InChI is InChI=1S/C17H27N3O5S/c1-5-20(6-2)26(24,25)15-9-7-14(8-10-15)13(3)18-17(23)19(4)12-11-16(21)22/h7-10,13H,5-6,11-12H2,1-4H3,(H,18,23)(H,21,22). The van der Waals surface area contributed by atoms with Crippen LogP contribution in [0.25, 0.3) is 0 Å². The molecule has 8 nitrogen and oxygen atoms in total. The molecule has 1 aromatic rings. The van der Waals surface area contributed by atoms with E-state index in [1.54, 1.807) is 32.9 Å². The van der Waals surface area contributed by atoms with Crippen LogP contribution in [-0.2, 0) is 14.8 Å². The lowest BCUT2D eigenvalue weighted by Gasteiger charge is -2.22. The molecule has 0 saturated heterocycles. The van der Waals surface area contributed by atoms with E-state index in [0.717, 1.165) is 5.56 Å². The summed E-state index contributed by atoms with van der Waals surface area (Å²) in [7, 11) is -1.99. The quantitative estimate of drug-likeness (QED) is 0.675. The van der Waals surface area contributed by atoms with E-state index in [9.17, 15) is 18.0 Å². The van der Waals surface area contributed by atoms with E-state index in [0.29, 0.717) is 13.1 Å². The summed E-state index contributed by atoms with van der Waals surface area (Å²) in [4.78, 5) is 24.1. The Balaban J connectivity index is 2.79. The van der Waals surface area contributed by atoms with Gasteiger partial charge in [0.25, 0.3) is 0 Å². The van der Waals surface area contributed by atoms with Crippen molar-refractivity contribution >= 4 is 22.0 Å². The number of hydrogen-bond acceptors (Lipinski definition) is 4. The van der Waals surface area contributed by atoms with Gasteiger partial charge in [-0.3, -0.25) is 4.79 Å². The Bertz CT molecular complexity index is 714. The first-order valence-corrected chi connectivity index (χ1v) is 9.91. The van der Waals surface area contributed by atoms with Crippen molar-refractivity contribution in [2.75, 3.05) is 26.7 Å². The van der Waals surface area contributed by atoms with Crippen molar-refractivity contribution in [3.8, 4) is 0 Å². The van der Waals surface area contributed by atoms with Gasteiger partial charge in [-0.15, -0.1) is 0 Å². The maximum atomic E-state index is 12.5. The predicted octanol–water partition coefficient (Wildman–Crippen LogP) is 1.89. The second kappa shape index (κ2) is 9.54. The summed E-state index contributed by atoms with van der Waals surface area (Å²) < 4.78 is 26.3. The van der Waals surface area contributed by atoms with Crippen LogP contribution in [0.2, 0.25) is 0 Å². The van der Waals surface area contributed by atoms with E-state index >= 15 is 0 Å². The molecule has 0 saturated carbocycles. The molecule has 2 N–H and O–H groups in total. The summed E-state index contributed by atoms with van der Waals surface area (Å²) in [6, 6.07) is 5.65. The Morgan fingerprint density at radius 2 is 1.69 bits per heavy atom. The highest BCUT2D eigenvalue weighted by Gasteiger charge is 2.22. The zero-order chi connectivity index (χ0) is 19.9. The molecule has 0 aliphatic rings. The van der Waals surface area contributed by atoms with Gasteiger partial charge in [0, 0.05) is 26.7 Å². The number of nitrogens with zero attached hydrogens (tertiary/aromatic N) is 2. The molecule has 1 atom stereocenters. The van der Waals surface area contributed by atoms with Crippen LogP contribution in [0.1, 0.15) is 38.8 Å². The van der Waals surface area contributed by atoms with Gasteiger partial charge in [-0.1, -0.05) is 26.0 Å². The number of nitrogens with one attached hydrogen (secondary N) is 1. The third kappa shape index (κ3) is 5.70. The predicted molar refractivity (Wildman–Crippen MR) is 98.4 cm³/mol. The molecular formula is C17H27N3O5S. The van der Waals surface area contributed by atoms with E-state index in [2.05, 4.69) is 5.32 Å². The second-order valence-electron chi connectivity index (χ2n) is 5.89. The summed E-state index contributed by atoms with van der Waals surface area (Å²) in [5.74, 6) is -0.970. The van der Waals surface area contributed by atoms with Gasteiger partial charge in [0.05, 0.1) is 17.4 Å². The van der Waals surface area contributed by atoms with Crippen LogP contribution in [-0.4, -0.2) is 61.4 Å². The maximum Gasteiger partial charge on any atom is 0.317 e. The zero-order valence-corrected chi connectivity index (χ0v) is 16.4. The summed E-state index contributed by atoms with van der Waals surface area (Å²) >= 11 is 0. The average Bonchev–Trinajstić information content (AvgIpc) is 2.60. The van der Waals surface area contributed by atoms with E-state index in [-0.39, 0.29) is 23.9 Å². The van der Waals surface area contributed by atoms with Crippen LogP contribution in [0.5, 0.6) is 0 Å². The Hall–Kier alpha value is -2.13. The van der Waals surface area contributed by atoms with Crippen molar-refractivity contribution in [2.45, 2.75) is 38.1 Å². The molecule has 26 heavy (non-hydrogen) atoms. The van der Waals surface area contributed by atoms with Crippen molar-refractivity contribution < 1.29 is 23.1 Å². The number of benzene rings is 1. The van der Waals surface area contributed by atoms with E-state index in [1.165, 1.54) is 28.4 Å². The third-order valence-electron chi connectivity index (χ3n) is 4.07. The minimum atomic E-state index is -3.51. The maximum absolute atomic E-state index is 12.5. The van der Waals surface area contributed by atoms with Crippen LogP contribution in [0, 0.1) is 0 Å². The summed E-state index contributed by atoms with van der Waals surface area (Å²) in [6.45, 7) is 6.25. The van der Waals surface area contributed by atoms with Gasteiger partial charge in [-0.25, -0.2) is 13.2 Å². The molecule has 2 amide bonds. The molecule has 0 heterocycles. The van der Waals surface area contributed by atoms with Gasteiger partial charge in [-0.2, -0.15) is 4.31 Å². The number of sulfonamides is 1. The van der Waals surface area contributed by atoms with Gasteiger partial charge in [-0.05, 0) is 24.6 Å². The van der Waals surface area contributed by atoms with Gasteiger partial charge in [0.2, 0.25) is 10.0 Å². The van der Waals surface area contributed by atoms with E-state index < -0.39 is 22.0 Å². The van der Waals surface area contributed by atoms with Gasteiger partial charge < -0.3 is 15.3 Å². The molecule has 0 fully saturated rings. The monoisotopic (exact) mass is 385 g/mol. The molecular weight excluding hydrogens is 358 g/mol. The fraction of sp³-hybridized carbons (Fsp3) is 0.529. The fourth-order valence-electron chi connectivity index (χ4n) is 2.38. The molecule has 9 heteroatoms. The van der Waals surface area contributed by atoms with Gasteiger partial charge in [0.1, 0.15) is 0 Å². The number of carboxylic acid groups (broad SMARTS) is 1. The Labute approximate surface area is 154 Å². The number of amides is 2. The third-order valence-corrected chi connectivity index (χ3v) is 6.14. The number of urea groups is 1. The first kappa shape index (κ1) is 21.9. The summed E-state index contributed by atoms with van der Waals surface area (Å²) in [5.41, 5.74) is 0.753. The van der Waals surface area contributed by atoms with Gasteiger partial charge in [0.15, 0.2) is 0 Å². The number of hydrogen-bond donors (Lipinski definition) is 2. The van der Waals surface area contributed by atoms with Crippen molar-refractivity contribution in [3.63, 3.8) is 0 Å². The zero-order valence-electron chi connectivity index (χ0n) is 15.6. The topological polar surface area (TPSA) is 107 Å². The molecule has 0 bridgehead atoms. The highest BCUT2D eigenvalue weighted by Crippen LogP contribution is 2.19. The summed E-state index contributed by atoms with van der Waals surface area (Å²) in [5, 5.41) is 11.4. The second-order valence-corrected chi connectivity index (χ2v) is 7.83. The lowest BCUT2D eigenvalue weighted by molar-refractivity contribution is -0.137. The minimum absolute atomic E-state index is 0.106. The highest BCUT2D eigenvalue weighted by atomic mass is 32.2. The lowest BCUT2D eigenvalue weighted by atomic mass is 10.1. The minimum Gasteiger partial charge on any atom is -0.481 e. The van der Waals surface area contributed by atoms with Crippen LogP contribution in [0.3, 0.4) is 0 Å². The molecule has 0 aromatic heterocycles. The van der Waals surface area contributed by atoms with Crippen molar-refractivity contribution in [1.29, 1.82) is 0 Å². The number of carbonyl (C=O) groups is 2. The molecule has 0 spiro atoms. The molecule has 1 aromatic carbocycles. The molecule has 1 rings (SSSR count). The van der Waals surface area contributed by atoms with E-state index in [1.807, 2.05) is 0 Å². The fourth-order valence-corrected chi connectivity index (χ4v) is 3.84. The molecule has 146 valence electrons. The Morgan fingerprint density at radius 3 is 2.15 bits per heavy atom. The normalized spacial score (nSPS) is 12.7. The summed E-state index contributed by atoms with van der Waals surface area (Å²) in [6.07, 6.45) is -0.129. The number of carboxylic acids is 1. The lowest BCUT2D eigenvalue weighted by Crippen LogP contribution is -2.39. The number of rotatable bonds is 9. The molecule has 0 aliphatic carbocycles. The molecule has 1 unspecified atom stereocenters. The van der Waals surface area contributed by atoms with Crippen LogP contribution in [0.15, 0.2) is 29.2 Å². The SMILES string of the molecule is CCN(CC)S(=O)(=O)c1ccc(C(C)NC(=O)N(C)CCC(=O)O)cc1. The van der Waals surface area contributed by atoms with E-state index in [4.69, 9.17) is 5.11 Å². The van der Waals surface area contributed by atoms with Crippen molar-refractivity contribution in [1.82, 2.24) is 14.5 Å². The number of aliphatic carboxylic acids is 1. The Morgan fingerprint density at radius 1 is 1.15 bits per heavy atom. The number of carbonyl (C=O) groups excluding carboxylic acids is 1. The highest BCUT2D eigenvalue weighted by molar-refractivity contribution is 7.89. The largest absolute Gasteiger partial charge is 0.481 e. The molecule has 0 radical (unpaired) electrons. The van der Waals surface area contributed by atoms with Gasteiger partial charge >= 0.3 is 12.0 Å². The van der Waals surface area contributed by atoms with Crippen LogP contribution >= 0.6 is 0 Å². The average molecular weight is 385 g/mol.